The Balaban J connectivity index is 3.15. The van der Waals surface area contributed by atoms with Crippen LogP contribution in [0, 0.1) is 0 Å². The van der Waals surface area contributed by atoms with Crippen LogP contribution < -0.4 is 0 Å². The molecule has 0 aromatic rings. The lowest BCUT2D eigenvalue weighted by atomic mass is 10.4. The minimum Gasteiger partial charge on any atom is -0.391 e. The van der Waals surface area contributed by atoms with Gasteiger partial charge in [0.15, 0.2) is 0 Å². The van der Waals surface area contributed by atoms with Crippen LogP contribution in [-0.4, -0.2) is 30.6 Å². The van der Waals surface area contributed by atoms with E-state index < -0.39 is 18.7 Å². The molecule has 2 nitrogen and oxygen atoms in total. The van der Waals surface area contributed by atoms with E-state index in [0.29, 0.717) is 0 Å². The van der Waals surface area contributed by atoms with Gasteiger partial charge in [-0.3, -0.25) is 0 Å². The number of hydrogen-bond acceptors (Lipinski definition) is 2. The standard InChI is InChI=1S/C6H11F3O2/c1-5(10)4-11-3-2-6(7,8)9/h5,10H,2-4H2,1H3/t5-/m1/s1. The van der Waals surface area contributed by atoms with E-state index in [4.69, 9.17) is 5.11 Å². The highest BCUT2D eigenvalue weighted by Crippen LogP contribution is 2.18. The van der Waals surface area contributed by atoms with Crippen LogP contribution in [0.5, 0.6) is 0 Å². The van der Waals surface area contributed by atoms with Gasteiger partial charge in [0, 0.05) is 0 Å². The van der Waals surface area contributed by atoms with Crippen LogP contribution in [0.4, 0.5) is 13.2 Å². The lowest BCUT2D eigenvalue weighted by Gasteiger charge is -2.07. The van der Waals surface area contributed by atoms with Crippen molar-refractivity contribution in [1.29, 1.82) is 0 Å². The summed E-state index contributed by atoms with van der Waals surface area (Å²) in [4.78, 5) is 0. The fraction of sp³-hybridized carbons (Fsp3) is 1.00. The van der Waals surface area contributed by atoms with Crippen molar-refractivity contribution < 1.29 is 23.0 Å². The molecule has 0 amide bonds. The molecule has 0 aliphatic rings. The maximum atomic E-state index is 11.4. The molecule has 0 bridgehead atoms. The Labute approximate surface area is 63.0 Å². The van der Waals surface area contributed by atoms with E-state index in [1.165, 1.54) is 6.92 Å². The number of alkyl halides is 3. The van der Waals surface area contributed by atoms with Crippen molar-refractivity contribution in [1.82, 2.24) is 0 Å². The van der Waals surface area contributed by atoms with E-state index in [2.05, 4.69) is 4.74 Å². The third-order valence-electron chi connectivity index (χ3n) is 0.889. The van der Waals surface area contributed by atoms with Gasteiger partial charge in [-0.1, -0.05) is 0 Å². The van der Waals surface area contributed by atoms with E-state index in [1.807, 2.05) is 0 Å². The Bertz CT molecular complexity index is 100. The lowest BCUT2D eigenvalue weighted by molar-refractivity contribution is -0.146. The maximum absolute atomic E-state index is 11.4. The van der Waals surface area contributed by atoms with Crippen molar-refractivity contribution in [2.45, 2.75) is 25.6 Å². The predicted molar refractivity (Wildman–Crippen MR) is 33.2 cm³/mol. The van der Waals surface area contributed by atoms with E-state index in [-0.39, 0.29) is 13.2 Å². The van der Waals surface area contributed by atoms with Gasteiger partial charge in [-0.2, -0.15) is 13.2 Å². The summed E-state index contributed by atoms with van der Waals surface area (Å²) < 4.78 is 38.8. The van der Waals surface area contributed by atoms with Crippen molar-refractivity contribution in [3.63, 3.8) is 0 Å². The SMILES string of the molecule is C[C@@H](O)COCCC(F)(F)F. The third-order valence-corrected chi connectivity index (χ3v) is 0.889. The van der Waals surface area contributed by atoms with E-state index in [9.17, 15) is 13.2 Å². The summed E-state index contributed by atoms with van der Waals surface area (Å²) in [5.41, 5.74) is 0. The first kappa shape index (κ1) is 10.7. The maximum Gasteiger partial charge on any atom is 0.391 e. The zero-order valence-electron chi connectivity index (χ0n) is 6.19. The third kappa shape index (κ3) is 9.71. The molecule has 0 fully saturated rings. The molecule has 0 spiro atoms. The van der Waals surface area contributed by atoms with Crippen LogP contribution in [0.3, 0.4) is 0 Å². The van der Waals surface area contributed by atoms with Gasteiger partial charge < -0.3 is 9.84 Å². The van der Waals surface area contributed by atoms with Crippen LogP contribution >= 0.6 is 0 Å². The molecule has 5 heteroatoms. The van der Waals surface area contributed by atoms with Crippen molar-refractivity contribution in [3.05, 3.63) is 0 Å². The molecule has 0 saturated heterocycles. The fourth-order valence-electron chi connectivity index (χ4n) is 0.442. The fourth-order valence-corrected chi connectivity index (χ4v) is 0.442. The largest absolute Gasteiger partial charge is 0.391 e. The molecule has 0 unspecified atom stereocenters. The molecule has 1 atom stereocenters. The summed E-state index contributed by atoms with van der Waals surface area (Å²) in [5.74, 6) is 0. The normalized spacial score (nSPS) is 15.0. The van der Waals surface area contributed by atoms with E-state index in [1.54, 1.807) is 0 Å². The molecule has 0 radical (unpaired) electrons. The minimum absolute atomic E-state index is 0.0456. The monoisotopic (exact) mass is 172 g/mol. The van der Waals surface area contributed by atoms with Gasteiger partial charge in [-0.05, 0) is 6.92 Å². The van der Waals surface area contributed by atoms with Crippen LogP contribution in [0.2, 0.25) is 0 Å². The summed E-state index contributed by atoms with van der Waals surface area (Å²) in [6.07, 6.45) is -5.83. The Morgan fingerprint density at radius 3 is 2.36 bits per heavy atom. The second-order valence-corrected chi connectivity index (χ2v) is 2.29. The molecular weight excluding hydrogens is 161 g/mol. The van der Waals surface area contributed by atoms with Gasteiger partial charge in [0.05, 0.1) is 25.7 Å². The molecule has 68 valence electrons. The first-order valence-corrected chi connectivity index (χ1v) is 3.24. The first-order chi connectivity index (χ1) is 4.92. The predicted octanol–water partition coefficient (Wildman–Crippen LogP) is 1.34. The van der Waals surface area contributed by atoms with Gasteiger partial charge in [0.1, 0.15) is 0 Å². The van der Waals surface area contributed by atoms with Gasteiger partial charge in [0.25, 0.3) is 0 Å². The topological polar surface area (TPSA) is 29.5 Å². The number of aliphatic hydroxyl groups excluding tert-OH is 1. The summed E-state index contributed by atoms with van der Waals surface area (Å²) in [6.45, 7) is 1.03. The summed E-state index contributed by atoms with van der Waals surface area (Å²) in [5, 5.41) is 8.58. The first-order valence-electron chi connectivity index (χ1n) is 3.24. The lowest BCUT2D eigenvalue weighted by Crippen LogP contribution is -2.16. The summed E-state index contributed by atoms with van der Waals surface area (Å²) in [7, 11) is 0. The summed E-state index contributed by atoms with van der Waals surface area (Å²) >= 11 is 0. The minimum atomic E-state index is -4.17. The van der Waals surface area contributed by atoms with Crippen LogP contribution in [0.1, 0.15) is 13.3 Å². The van der Waals surface area contributed by atoms with Gasteiger partial charge in [-0.15, -0.1) is 0 Å². The molecule has 11 heavy (non-hydrogen) atoms. The molecule has 0 saturated carbocycles. The Morgan fingerprint density at radius 2 is 2.00 bits per heavy atom. The average Bonchev–Trinajstić information content (AvgIpc) is 1.78. The van der Waals surface area contributed by atoms with Crippen molar-refractivity contribution >= 4 is 0 Å². The highest BCUT2D eigenvalue weighted by Gasteiger charge is 2.26. The Kier molecular flexibility index (Phi) is 4.44. The van der Waals surface area contributed by atoms with Crippen molar-refractivity contribution in [2.24, 2.45) is 0 Å². The number of aliphatic hydroxyl groups is 1. The molecule has 0 aliphatic carbocycles. The van der Waals surface area contributed by atoms with Crippen LogP contribution in [-0.2, 0) is 4.74 Å². The second kappa shape index (κ2) is 4.56. The van der Waals surface area contributed by atoms with E-state index >= 15 is 0 Å². The number of ether oxygens (including phenoxy) is 1. The Morgan fingerprint density at radius 1 is 1.45 bits per heavy atom. The molecule has 0 aromatic carbocycles. The zero-order valence-corrected chi connectivity index (χ0v) is 6.19. The highest BCUT2D eigenvalue weighted by molar-refractivity contribution is 4.49. The van der Waals surface area contributed by atoms with E-state index in [0.717, 1.165) is 0 Å². The Hall–Kier alpha value is -0.290. The van der Waals surface area contributed by atoms with Crippen molar-refractivity contribution in [3.8, 4) is 0 Å². The highest BCUT2D eigenvalue weighted by atomic mass is 19.4. The molecule has 0 rings (SSSR count). The number of halogens is 3. The van der Waals surface area contributed by atoms with Crippen molar-refractivity contribution in [2.75, 3.05) is 13.2 Å². The zero-order chi connectivity index (χ0) is 8.91. The van der Waals surface area contributed by atoms with Crippen LogP contribution in [0.15, 0.2) is 0 Å². The number of hydrogen-bond donors (Lipinski definition) is 1. The summed E-state index contributed by atoms with van der Waals surface area (Å²) in [6, 6.07) is 0. The molecular formula is C6H11F3O2. The smallest absolute Gasteiger partial charge is 0.391 e. The quantitative estimate of drug-likeness (QED) is 0.648. The van der Waals surface area contributed by atoms with Gasteiger partial charge in [-0.25, -0.2) is 0 Å². The van der Waals surface area contributed by atoms with Gasteiger partial charge in [0.2, 0.25) is 0 Å². The average molecular weight is 172 g/mol. The molecule has 0 aliphatic heterocycles. The number of rotatable bonds is 4. The molecule has 0 aromatic heterocycles. The van der Waals surface area contributed by atoms with Crippen LogP contribution in [0.25, 0.3) is 0 Å². The van der Waals surface area contributed by atoms with Gasteiger partial charge >= 0.3 is 6.18 Å². The molecule has 1 N–H and O–H groups in total. The molecule has 0 heterocycles. The second-order valence-electron chi connectivity index (χ2n) is 2.29.